The lowest BCUT2D eigenvalue weighted by molar-refractivity contribution is -0.106. The fraction of sp³-hybridized carbons (Fsp3) is 0.519. The SMILES string of the molecule is CCOCCCc1ccc(C(OC)OC)cc1.CCOCCCc1ccc(C=O)cc1.CO. The number of ether oxygens (including phenoxy) is 4. The molecule has 0 heterocycles. The Bertz CT molecular complexity index is 681. The highest BCUT2D eigenvalue weighted by Crippen LogP contribution is 2.18. The molecule has 0 spiro atoms. The van der Waals surface area contributed by atoms with Crippen LogP contribution in [-0.2, 0) is 31.8 Å². The molecule has 2 rings (SSSR count). The van der Waals surface area contributed by atoms with Crippen molar-refractivity contribution in [2.45, 2.75) is 45.8 Å². The lowest BCUT2D eigenvalue weighted by Gasteiger charge is -2.13. The van der Waals surface area contributed by atoms with Crippen LogP contribution in [0.1, 0.15) is 60.0 Å². The van der Waals surface area contributed by atoms with Gasteiger partial charge in [-0.25, -0.2) is 0 Å². The molecule has 0 aliphatic heterocycles. The largest absolute Gasteiger partial charge is 0.400 e. The van der Waals surface area contributed by atoms with E-state index in [1.165, 1.54) is 11.1 Å². The Morgan fingerprint density at radius 3 is 1.55 bits per heavy atom. The number of hydrogen-bond acceptors (Lipinski definition) is 6. The van der Waals surface area contributed by atoms with Crippen LogP contribution < -0.4 is 0 Å². The minimum atomic E-state index is -0.271. The van der Waals surface area contributed by atoms with Gasteiger partial charge in [0.05, 0.1) is 0 Å². The Morgan fingerprint density at radius 1 is 0.758 bits per heavy atom. The van der Waals surface area contributed by atoms with Gasteiger partial charge in [0.1, 0.15) is 6.29 Å². The highest BCUT2D eigenvalue weighted by molar-refractivity contribution is 5.74. The second-order valence-electron chi connectivity index (χ2n) is 7.01. The van der Waals surface area contributed by atoms with Gasteiger partial charge < -0.3 is 24.1 Å². The second kappa shape index (κ2) is 21.7. The summed E-state index contributed by atoms with van der Waals surface area (Å²) in [4.78, 5) is 10.4. The molecule has 6 nitrogen and oxygen atoms in total. The van der Waals surface area contributed by atoms with Gasteiger partial charge in [-0.05, 0) is 50.7 Å². The topological polar surface area (TPSA) is 74.2 Å². The number of aryl methyl sites for hydroxylation is 2. The van der Waals surface area contributed by atoms with Crippen LogP contribution in [0.4, 0.5) is 0 Å². The average molecular weight is 463 g/mol. The quantitative estimate of drug-likeness (QED) is 0.241. The molecular weight excluding hydrogens is 420 g/mol. The third kappa shape index (κ3) is 14.6. The normalized spacial score (nSPS) is 10.2. The molecule has 0 saturated heterocycles. The van der Waals surface area contributed by atoms with Crippen molar-refractivity contribution in [2.75, 3.05) is 47.8 Å². The molecule has 0 aliphatic rings. The Balaban J connectivity index is 0.000000586. The first kappa shape index (κ1) is 30.9. The fourth-order valence-corrected chi connectivity index (χ4v) is 3.02. The smallest absolute Gasteiger partial charge is 0.183 e. The van der Waals surface area contributed by atoms with E-state index in [-0.39, 0.29) is 6.29 Å². The van der Waals surface area contributed by atoms with Crippen molar-refractivity contribution in [2.24, 2.45) is 0 Å². The zero-order valence-corrected chi connectivity index (χ0v) is 20.9. The summed E-state index contributed by atoms with van der Waals surface area (Å²) in [6.45, 7) is 7.23. The number of aliphatic hydroxyl groups is 1. The first-order valence-electron chi connectivity index (χ1n) is 11.5. The van der Waals surface area contributed by atoms with Crippen molar-refractivity contribution in [3.63, 3.8) is 0 Å². The van der Waals surface area contributed by atoms with Crippen LogP contribution in [-0.4, -0.2) is 59.1 Å². The number of aldehydes is 1. The van der Waals surface area contributed by atoms with Crippen LogP contribution in [0.25, 0.3) is 0 Å². The van der Waals surface area contributed by atoms with E-state index in [4.69, 9.17) is 24.1 Å². The Morgan fingerprint density at radius 2 is 1.18 bits per heavy atom. The van der Waals surface area contributed by atoms with Crippen molar-refractivity contribution >= 4 is 6.29 Å². The molecule has 186 valence electrons. The molecule has 0 aliphatic carbocycles. The van der Waals surface area contributed by atoms with Crippen molar-refractivity contribution in [3.05, 3.63) is 70.8 Å². The van der Waals surface area contributed by atoms with Crippen LogP contribution in [0.3, 0.4) is 0 Å². The second-order valence-corrected chi connectivity index (χ2v) is 7.01. The predicted octanol–water partition coefficient (Wildman–Crippen LogP) is 5.02. The van der Waals surface area contributed by atoms with E-state index >= 15 is 0 Å². The first-order valence-corrected chi connectivity index (χ1v) is 11.5. The molecule has 0 atom stereocenters. The summed E-state index contributed by atoms with van der Waals surface area (Å²) in [5.41, 5.74) is 4.36. The predicted molar refractivity (Wildman–Crippen MR) is 133 cm³/mol. The van der Waals surface area contributed by atoms with Crippen LogP contribution >= 0.6 is 0 Å². The molecule has 6 heteroatoms. The van der Waals surface area contributed by atoms with Crippen LogP contribution in [0.15, 0.2) is 48.5 Å². The van der Waals surface area contributed by atoms with Gasteiger partial charge in [0.15, 0.2) is 6.29 Å². The van der Waals surface area contributed by atoms with E-state index in [1.807, 2.05) is 50.2 Å². The van der Waals surface area contributed by atoms with Crippen molar-refractivity contribution in [1.82, 2.24) is 0 Å². The van der Waals surface area contributed by atoms with E-state index in [1.54, 1.807) is 14.2 Å². The van der Waals surface area contributed by atoms with Gasteiger partial charge in [0.25, 0.3) is 0 Å². The van der Waals surface area contributed by atoms with E-state index in [2.05, 4.69) is 12.1 Å². The molecular formula is C27H42O6. The monoisotopic (exact) mass is 462 g/mol. The minimum Gasteiger partial charge on any atom is -0.400 e. The highest BCUT2D eigenvalue weighted by atomic mass is 16.7. The average Bonchev–Trinajstić information content (AvgIpc) is 2.88. The lowest BCUT2D eigenvalue weighted by atomic mass is 10.1. The fourth-order valence-electron chi connectivity index (χ4n) is 3.02. The summed E-state index contributed by atoms with van der Waals surface area (Å²) < 4.78 is 20.9. The number of rotatable bonds is 14. The van der Waals surface area contributed by atoms with Gasteiger partial charge in [0, 0.05) is 58.9 Å². The van der Waals surface area contributed by atoms with Crippen molar-refractivity contribution in [1.29, 1.82) is 0 Å². The van der Waals surface area contributed by atoms with Crippen LogP contribution in [0.2, 0.25) is 0 Å². The van der Waals surface area contributed by atoms with E-state index in [9.17, 15) is 4.79 Å². The Kier molecular flexibility index (Phi) is 20.4. The zero-order chi connectivity index (χ0) is 24.7. The summed E-state index contributed by atoms with van der Waals surface area (Å²) in [6, 6.07) is 16.0. The molecule has 0 fully saturated rings. The van der Waals surface area contributed by atoms with E-state index in [0.29, 0.717) is 0 Å². The summed E-state index contributed by atoms with van der Waals surface area (Å²) in [6.07, 6.45) is 4.75. The molecule has 0 bridgehead atoms. The molecule has 0 unspecified atom stereocenters. The number of carbonyl (C=O) groups excluding carboxylic acids is 1. The Labute approximate surface area is 199 Å². The summed E-state index contributed by atoms with van der Waals surface area (Å²) in [5.74, 6) is 0. The molecule has 0 radical (unpaired) electrons. The standard InChI is InChI=1S/C14H22O3.C12H16O2.CH4O/c1-4-17-11-5-6-12-7-9-13(10-8-12)14(15-2)16-3;1-2-14-9-3-4-11-5-7-12(10-13)8-6-11;1-2/h7-10,14H,4-6,11H2,1-3H3;5-8,10H,2-4,9H2,1H3;2H,1H3. The number of hydrogen-bond donors (Lipinski definition) is 1. The van der Waals surface area contributed by atoms with Gasteiger partial charge in [0.2, 0.25) is 0 Å². The van der Waals surface area contributed by atoms with E-state index in [0.717, 1.165) is 76.6 Å². The number of aliphatic hydroxyl groups excluding tert-OH is 1. The molecule has 0 aromatic heterocycles. The number of carbonyl (C=O) groups is 1. The Hall–Kier alpha value is -2.09. The molecule has 2 aromatic rings. The number of benzene rings is 2. The molecule has 1 N–H and O–H groups in total. The highest BCUT2D eigenvalue weighted by Gasteiger charge is 2.07. The number of methoxy groups -OCH3 is 2. The van der Waals surface area contributed by atoms with Crippen molar-refractivity contribution in [3.8, 4) is 0 Å². The van der Waals surface area contributed by atoms with Crippen LogP contribution in [0.5, 0.6) is 0 Å². The maximum atomic E-state index is 10.4. The minimum absolute atomic E-state index is 0.271. The lowest BCUT2D eigenvalue weighted by Crippen LogP contribution is -2.03. The van der Waals surface area contributed by atoms with Gasteiger partial charge in [-0.3, -0.25) is 4.79 Å². The summed E-state index contributed by atoms with van der Waals surface area (Å²) >= 11 is 0. The third-order valence-corrected chi connectivity index (χ3v) is 4.71. The molecule has 0 amide bonds. The van der Waals surface area contributed by atoms with Gasteiger partial charge in [-0.2, -0.15) is 0 Å². The van der Waals surface area contributed by atoms with Crippen LogP contribution in [0, 0.1) is 0 Å². The summed E-state index contributed by atoms with van der Waals surface area (Å²) in [5, 5.41) is 7.00. The van der Waals surface area contributed by atoms with Gasteiger partial charge in [-0.15, -0.1) is 0 Å². The van der Waals surface area contributed by atoms with Gasteiger partial charge >= 0.3 is 0 Å². The maximum Gasteiger partial charge on any atom is 0.183 e. The molecule has 33 heavy (non-hydrogen) atoms. The van der Waals surface area contributed by atoms with E-state index < -0.39 is 0 Å². The molecule has 2 aromatic carbocycles. The molecule has 0 saturated carbocycles. The zero-order valence-electron chi connectivity index (χ0n) is 20.9. The first-order chi connectivity index (χ1) is 16.2. The third-order valence-electron chi connectivity index (χ3n) is 4.71. The summed E-state index contributed by atoms with van der Waals surface area (Å²) in [7, 11) is 4.29. The maximum absolute atomic E-state index is 10.4. The van der Waals surface area contributed by atoms with Gasteiger partial charge in [-0.1, -0.05) is 48.5 Å². The van der Waals surface area contributed by atoms with Crippen molar-refractivity contribution < 1.29 is 28.8 Å².